The van der Waals surface area contributed by atoms with Gasteiger partial charge in [-0.05, 0) is 76.4 Å². The van der Waals surface area contributed by atoms with Crippen LogP contribution in [0.4, 0.5) is 17.1 Å². The molecule has 2 heterocycles. The van der Waals surface area contributed by atoms with Crippen molar-refractivity contribution in [1.29, 1.82) is 10.5 Å². The third-order valence-electron chi connectivity index (χ3n) is 9.23. The maximum Gasteiger partial charge on any atom is 0.132 e. The number of hydrogen-bond donors (Lipinski definition) is 0. The van der Waals surface area contributed by atoms with Gasteiger partial charge < -0.3 is 4.90 Å². The van der Waals surface area contributed by atoms with Crippen LogP contribution >= 0.6 is 11.7 Å². The Bertz CT molecular complexity index is 2170. The van der Waals surface area contributed by atoms with Crippen LogP contribution in [0.15, 0.2) is 114 Å². The van der Waals surface area contributed by atoms with Crippen molar-refractivity contribution >= 4 is 45.9 Å². The Hall–Kier alpha value is -5.30. The monoisotopic (exact) mass is 615 g/mol. The number of fused-ring (bicyclic) bond motifs is 3. The summed E-state index contributed by atoms with van der Waals surface area (Å²) < 4.78 is 9.49. The van der Waals surface area contributed by atoms with E-state index < -0.39 is 0 Å². The molecule has 0 unspecified atom stereocenters. The zero-order valence-corrected chi connectivity index (χ0v) is 27.2. The molecule has 1 aliphatic heterocycles. The second kappa shape index (κ2) is 11.2. The summed E-state index contributed by atoms with van der Waals surface area (Å²) in [5, 5.41) is 18.9. The minimum Gasteiger partial charge on any atom is -0.310 e. The van der Waals surface area contributed by atoms with Gasteiger partial charge in [-0.15, -0.1) is 0 Å². The van der Waals surface area contributed by atoms with Crippen LogP contribution in [0.25, 0.3) is 28.2 Å². The fourth-order valence-electron chi connectivity index (χ4n) is 7.07. The summed E-state index contributed by atoms with van der Waals surface area (Å²) in [5.41, 5.74) is 12.8. The zero-order chi connectivity index (χ0) is 32.1. The largest absolute Gasteiger partial charge is 0.310 e. The molecule has 0 saturated heterocycles. The van der Waals surface area contributed by atoms with Crippen molar-refractivity contribution in [2.24, 2.45) is 5.41 Å². The molecule has 7 rings (SSSR count). The smallest absolute Gasteiger partial charge is 0.132 e. The molecule has 0 atom stereocenters. The van der Waals surface area contributed by atoms with E-state index in [1.807, 2.05) is 6.08 Å². The van der Waals surface area contributed by atoms with Crippen LogP contribution in [0.2, 0.25) is 0 Å². The van der Waals surface area contributed by atoms with Crippen molar-refractivity contribution in [3.8, 4) is 23.3 Å². The second-order valence-corrected chi connectivity index (χ2v) is 13.9. The molecule has 0 N–H and O–H groups in total. The van der Waals surface area contributed by atoms with Crippen LogP contribution in [-0.4, -0.2) is 8.75 Å². The lowest BCUT2D eigenvalue weighted by Gasteiger charge is -2.42. The Morgan fingerprint density at radius 2 is 1.50 bits per heavy atom. The number of allylic oxidation sites excluding steroid dienone is 5. The van der Waals surface area contributed by atoms with Gasteiger partial charge in [-0.1, -0.05) is 101 Å². The quantitative estimate of drug-likeness (QED) is 0.188. The highest BCUT2D eigenvalue weighted by molar-refractivity contribution is 7.00. The van der Waals surface area contributed by atoms with Crippen LogP contribution in [0.5, 0.6) is 0 Å². The van der Waals surface area contributed by atoms with Crippen molar-refractivity contribution in [2.45, 2.75) is 46.0 Å². The highest BCUT2D eigenvalue weighted by atomic mass is 32.1. The maximum atomic E-state index is 9.47. The summed E-state index contributed by atoms with van der Waals surface area (Å²) in [6.45, 7) is 8.97. The third kappa shape index (κ3) is 5.02. The summed E-state index contributed by atoms with van der Waals surface area (Å²) in [4.78, 5) is 2.37. The van der Waals surface area contributed by atoms with E-state index in [-0.39, 0.29) is 16.4 Å². The summed E-state index contributed by atoms with van der Waals surface area (Å²) in [7, 11) is 0. The van der Waals surface area contributed by atoms with Crippen molar-refractivity contribution in [2.75, 3.05) is 4.90 Å². The number of rotatable bonds is 4. The van der Waals surface area contributed by atoms with E-state index in [9.17, 15) is 10.5 Å². The molecule has 5 aromatic rings. The Morgan fingerprint density at radius 3 is 2.28 bits per heavy atom. The fourth-order valence-corrected chi connectivity index (χ4v) is 7.65. The van der Waals surface area contributed by atoms with Crippen LogP contribution in [0.1, 0.15) is 57.2 Å². The predicted octanol–water partition coefficient (Wildman–Crippen LogP) is 10.6. The van der Waals surface area contributed by atoms with Gasteiger partial charge in [0.1, 0.15) is 28.7 Å². The van der Waals surface area contributed by atoms with Crippen LogP contribution in [0, 0.1) is 28.1 Å². The van der Waals surface area contributed by atoms with E-state index in [1.165, 1.54) is 34.2 Å². The Labute approximate surface area is 274 Å². The van der Waals surface area contributed by atoms with Gasteiger partial charge >= 0.3 is 0 Å². The molecule has 0 radical (unpaired) electrons. The number of anilines is 3. The second-order valence-electron chi connectivity index (χ2n) is 13.4. The summed E-state index contributed by atoms with van der Waals surface area (Å²) in [6, 6.07) is 34.4. The highest BCUT2D eigenvalue weighted by Gasteiger charge is 2.37. The van der Waals surface area contributed by atoms with Gasteiger partial charge in [0.05, 0.1) is 23.1 Å². The van der Waals surface area contributed by atoms with Gasteiger partial charge in [0.15, 0.2) is 0 Å². The average molecular weight is 616 g/mol. The number of benzene rings is 4. The van der Waals surface area contributed by atoms with Gasteiger partial charge in [-0.25, -0.2) is 0 Å². The van der Waals surface area contributed by atoms with Gasteiger partial charge in [0, 0.05) is 22.2 Å². The van der Waals surface area contributed by atoms with Gasteiger partial charge in [0.2, 0.25) is 0 Å². The van der Waals surface area contributed by atoms with E-state index in [0.29, 0.717) is 6.42 Å². The van der Waals surface area contributed by atoms with Crippen molar-refractivity contribution in [3.05, 3.63) is 130 Å². The van der Waals surface area contributed by atoms with Crippen molar-refractivity contribution in [1.82, 2.24) is 8.75 Å². The lowest BCUT2D eigenvalue weighted by Crippen LogP contribution is -2.30. The van der Waals surface area contributed by atoms with E-state index in [2.05, 4.69) is 142 Å². The van der Waals surface area contributed by atoms with Gasteiger partial charge in [0.25, 0.3) is 0 Å². The molecular weight excluding hydrogens is 583 g/mol. The minimum atomic E-state index is -0.207. The number of hydrogen-bond acceptors (Lipinski definition) is 6. The molecule has 0 saturated carbocycles. The first kappa shape index (κ1) is 29.4. The maximum absolute atomic E-state index is 9.47. The molecule has 224 valence electrons. The Morgan fingerprint density at radius 1 is 0.783 bits per heavy atom. The fraction of sp³-hybridized carbons (Fsp3) is 0.200. The van der Waals surface area contributed by atoms with Crippen LogP contribution < -0.4 is 4.90 Å². The number of aromatic nitrogens is 2. The van der Waals surface area contributed by atoms with Crippen molar-refractivity contribution in [3.63, 3.8) is 0 Å². The molecule has 4 aromatic carbocycles. The first-order chi connectivity index (χ1) is 22.2. The van der Waals surface area contributed by atoms with E-state index in [4.69, 9.17) is 8.75 Å². The molecular formula is C40H33N5S. The first-order valence-corrected chi connectivity index (χ1v) is 16.2. The SMILES string of the molecule is CC1(C)CC(/C=C/c2ccc(-c3ccc4c(c3)C(C)(C)c3ccccc3N4c3ccccc3)c3nsnc23)=CC(=C(C#N)C#N)C1. The lowest BCUT2D eigenvalue weighted by molar-refractivity contribution is 0.354. The number of nitrogens with zero attached hydrogens (tertiary/aromatic N) is 5. The molecule has 0 fully saturated rings. The third-order valence-corrected chi connectivity index (χ3v) is 9.76. The van der Waals surface area contributed by atoms with E-state index >= 15 is 0 Å². The van der Waals surface area contributed by atoms with Crippen molar-refractivity contribution < 1.29 is 0 Å². The molecule has 0 amide bonds. The Balaban J connectivity index is 1.30. The average Bonchev–Trinajstić information content (AvgIpc) is 3.55. The molecule has 1 aliphatic carbocycles. The standard InChI is InChI=1S/C40H33N5S/c1-39(2)22-26(20-29(23-39)30(24-41)25-42)14-15-27-16-18-32(38-37(27)43-46-44-38)28-17-19-36-34(21-28)40(3,4)33-12-8-9-13-35(33)45(36)31-10-6-5-7-11-31/h5-21H,22-23H2,1-4H3/b15-14+. The lowest BCUT2D eigenvalue weighted by atomic mass is 9.73. The molecule has 46 heavy (non-hydrogen) atoms. The van der Waals surface area contributed by atoms with E-state index in [0.717, 1.165) is 51.0 Å². The topological polar surface area (TPSA) is 76.6 Å². The number of para-hydroxylation sites is 2. The van der Waals surface area contributed by atoms with Gasteiger partial charge in [-0.3, -0.25) is 0 Å². The molecule has 0 spiro atoms. The predicted molar refractivity (Wildman–Crippen MR) is 188 cm³/mol. The molecule has 2 aliphatic rings. The molecule has 1 aromatic heterocycles. The minimum absolute atomic E-state index is 0.0408. The Kier molecular flexibility index (Phi) is 7.19. The summed E-state index contributed by atoms with van der Waals surface area (Å²) >= 11 is 1.23. The molecule has 0 bridgehead atoms. The van der Waals surface area contributed by atoms with E-state index in [1.54, 1.807) is 0 Å². The molecule has 5 nitrogen and oxygen atoms in total. The first-order valence-electron chi connectivity index (χ1n) is 15.5. The molecule has 6 heteroatoms. The van der Waals surface area contributed by atoms with Gasteiger partial charge in [-0.2, -0.15) is 19.3 Å². The van der Waals surface area contributed by atoms with Crippen LogP contribution in [-0.2, 0) is 5.41 Å². The highest BCUT2D eigenvalue weighted by Crippen LogP contribution is 2.52. The normalized spacial score (nSPS) is 16.3. The summed E-state index contributed by atoms with van der Waals surface area (Å²) in [6.07, 6.45) is 7.75. The zero-order valence-electron chi connectivity index (χ0n) is 26.4. The number of nitriles is 2. The van der Waals surface area contributed by atoms with Crippen LogP contribution in [0.3, 0.4) is 0 Å². The summed E-state index contributed by atoms with van der Waals surface area (Å²) in [5.74, 6) is 0.